The van der Waals surface area contributed by atoms with Crippen molar-refractivity contribution in [2.24, 2.45) is 4.99 Å². The van der Waals surface area contributed by atoms with Crippen molar-refractivity contribution in [2.75, 3.05) is 0 Å². The molecule has 0 saturated heterocycles. The molecule has 1 aromatic rings. The van der Waals surface area contributed by atoms with Crippen molar-refractivity contribution in [1.29, 1.82) is 0 Å². The number of carboxylic acids is 1. The molecular formula is C13H15NO2. The zero-order chi connectivity index (χ0) is 11.8. The minimum atomic E-state index is -0.894. The molecular weight excluding hydrogens is 202 g/mol. The van der Waals surface area contributed by atoms with Gasteiger partial charge in [0.05, 0.1) is 0 Å². The molecule has 0 aliphatic carbocycles. The van der Waals surface area contributed by atoms with Crippen LogP contribution >= 0.6 is 0 Å². The fraction of sp³-hybridized carbons (Fsp3) is 0.231. The summed E-state index contributed by atoms with van der Waals surface area (Å²) >= 11 is 0. The summed E-state index contributed by atoms with van der Waals surface area (Å²) in [7, 11) is 0. The van der Waals surface area contributed by atoms with Crippen LogP contribution in [-0.2, 0) is 4.79 Å². The van der Waals surface area contributed by atoms with Gasteiger partial charge in [-0.2, -0.15) is 0 Å². The average molecular weight is 217 g/mol. The van der Waals surface area contributed by atoms with E-state index in [4.69, 9.17) is 5.11 Å². The van der Waals surface area contributed by atoms with Gasteiger partial charge in [0.25, 0.3) is 0 Å². The third-order valence-electron chi connectivity index (χ3n) is 2.13. The highest BCUT2D eigenvalue weighted by molar-refractivity contribution is 5.83. The lowest BCUT2D eigenvalue weighted by molar-refractivity contribution is -0.138. The molecule has 84 valence electrons. The number of nitrogens with zero attached hydrogens (tertiary/aromatic N) is 1. The van der Waals surface area contributed by atoms with E-state index in [1.807, 2.05) is 30.3 Å². The van der Waals surface area contributed by atoms with E-state index < -0.39 is 12.0 Å². The highest BCUT2D eigenvalue weighted by Gasteiger charge is 2.13. The molecule has 3 nitrogen and oxygen atoms in total. The molecule has 0 saturated carbocycles. The Morgan fingerprint density at radius 2 is 2.12 bits per heavy atom. The van der Waals surface area contributed by atoms with Gasteiger partial charge in [0.2, 0.25) is 0 Å². The summed E-state index contributed by atoms with van der Waals surface area (Å²) in [6, 6.07) is 8.77. The highest BCUT2D eigenvalue weighted by atomic mass is 16.4. The summed E-state index contributed by atoms with van der Waals surface area (Å²) in [4.78, 5) is 14.9. The van der Waals surface area contributed by atoms with Crippen molar-refractivity contribution >= 4 is 12.2 Å². The summed E-state index contributed by atoms with van der Waals surface area (Å²) in [5.41, 5.74) is 0.910. The number of carboxylic acid groups (broad SMARTS) is 1. The van der Waals surface area contributed by atoms with Crippen LogP contribution in [0.4, 0.5) is 0 Å². The van der Waals surface area contributed by atoms with E-state index >= 15 is 0 Å². The van der Waals surface area contributed by atoms with E-state index in [-0.39, 0.29) is 0 Å². The Morgan fingerprint density at radius 3 is 2.69 bits per heavy atom. The first-order valence-corrected chi connectivity index (χ1v) is 5.16. The van der Waals surface area contributed by atoms with Gasteiger partial charge in [0.15, 0.2) is 0 Å². The Morgan fingerprint density at radius 1 is 1.44 bits per heavy atom. The Labute approximate surface area is 95.1 Å². The SMILES string of the molecule is C=CCCC(N=Cc1ccccc1)C(=O)O. The zero-order valence-corrected chi connectivity index (χ0v) is 9.04. The average Bonchev–Trinajstić information content (AvgIpc) is 2.30. The van der Waals surface area contributed by atoms with Crippen molar-refractivity contribution in [3.63, 3.8) is 0 Å². The van der Waals surface area contributed by atoms with Crippen LogP contribution in [-0.4, -0.2) is 23.3 Å². The molecule has 0 bridgehead atoms. The molecule has 1 rings (SSSR count). The fourth-order valence-electron chi connectivity index (χ4n) is 1.25. The van der Waals surface area contributed by atoms with Gasteiger partial charge in [-0.15, -0.1) is 6.58 Å². The molecule has 1 aromatic carbocycles. The van der Waals surface area contributed by atoms with Crippen LogP contribution < -0.4 is 0 Å². The summed E-state index contributed by atoms with van der Waals surface area (Å²) in [6.45, 7) is 3.57. The number of benzene rings is 1. The Hall–Kier alpha value is -1.90. The first-order valence-electron chi connectivity index (χ1n) is 5.16. The van der Waals surface area contributed by atoms with Gasteiger partial charge in [-0.25, -0.2) is 4.79 Å². The van der Waals surface area contributed by atoms with Gasteiger partial charge >= 0.3 is 5.97 Å². The molecule has 0 heterocycles. The summed E-state index contributed by atoms with van der Waals surface area (Å²) in [6.07, 6.45) is 4.45. The van der Waals surface area contributed by atoms with Gasteiger partial charge in [-0.05, 0) is 18.4 Å². The molecule has 16 heavy (non-hydrogen) atoms. The summed E-state index contributed by atoms with van der Waals surface area (Å²) in [5, 5.41) is 8.93. The van der Waals surface area contributed by atoms with E-state index in [2.05, 4.69) is 11.6 Å². The van der Waals surface area contributed by atoms with E-state index in [9.17, 15) is 4.79 Å². The van der Waals surface area contributed by atoms with Crippen molar-refractivity contribution < 1.29 is 9.90 Å². The van der Waals surface area contributed by atoms with Crippen LogP contribution in [0.5, 0.6) is 0 Å². The molecule has 0 aromatic heterocycles. The largest absolute Gasteiger partial charge is 0.480 e. The van der Waals surface area contributed by atoms with Crippen molar-refractivity contribution in [1.82, 2.24) is 0 Å². The molecule has 1 unspecified atom stereocenters. The van der Waals surface area contributed by atoms with Gasteiger partial charge in [0, 0.05) is 6.21 Å². The first-order chi connectivity index (χ1) is 7.74. The van der Waals surface area contributed by atoms with Crippen molar-refractivity contribution in [3.05, 3.63) is 48.6 Å². The van der Waals surface area contributed by atoms with E-state index in [1.54, 1.807) is 12.3 Å². The minimum Gasteiger partial charge on any atom is -0.480 e. The monoisotopic (exact) mass is 217 g/mol. The number of hydrogen-bond donors (Lipinski definition) is 1. The van der Waals surface area contributed by atoms with Gasteiger partial charge < -0.3 is 5.11 Å². The molecule has 1 atom stereocenters. The topological polar surface area (TPSA) is 49.7 Å². The zero-order valence-electron chi connectivity index (χ0n) is 9.04. The van der Waals surface area contributed by atoms with Crippen molar-refractivity contribution in [2.45, 2.75) is 18.9 Å². The summed E-state index contributed by atoms with van der Waals surface area (Å²) < 4.78 is 0. The lowest BCUT2D eigenvalue weighted by Crippen LogP contribution is -2.17. The molecule has 0 radical (unpaired) electrons. The Balaban J connectivity index is 2.64. The van der Waals surface area contributed by atoms with Gasteiger partial charge in [-0.3, -0.25) is 4.99 Å². The second kappa shape index (κ2) is 6.56. The quantitative estimate of drug-likeness (QED) is 0.588. The van der Waals surface area contributed by atoms with E-state index in [0.717, 1.165) is 5.56 Å². The number of hydrogen-bond acceptors (Lipinski definition) is 2. The molecule has 0 spiro atoms. The van der Waals surface area contributed by atoms with Crippen LogP contribution in [0.2, 0.25) is 0 Å². The van der Waals surface area contributed by atoms with Crippen LogP contribution in [0.1, 0.15) is 18.4 Å². The predicted molar refractivity (Wildman–Crippen MR) is 64.9 cm³/mol. The molecule has 3 heteroatoms. The third-order valence-corrected chi connectivity index (χ3v) is 2.13. The minimum absolute atomic E-state index is 0.488. The number of aliphatic imine (C=N–C) groups is 1. The smallest absolute Gasteiger partial charge is 0.328 e. The second-order valence-electron chi connectivity index (χ2n) is 3.41. The molecule has 0 aliphatic rings. The van der Waals surface area contributed by atoms with Crippen LogP contribution in [0.25, 0.3) is 0 Å². The molecule has 1 N–H and O–H groups in total. The van der Waals surface area contributed by atoms with Crippen LogP contribution in [0, 0.1) is 0 Å². The van der Waals surface area contributed by atoms with Crippen LogP contribution in [0.3, 0.4) is 0 Å². The Bertz CT molecular complexity index is 371. The third kappa shape index (κ3) is 4.09. The second-order valence-corrected chi connectivity index (χ2v) is 3.41. The lowest BCUT2D eigenvalue weighted by Gasteiger charge is -2.04. The van der Waals surface area contributed by atoms with E-state index in [1.165, 1.54) is 0 Å². The normalized spacial score (nSPS) is 12.5. The van der Waals surface area contributed by atoms with Gasteiger partial charge in [0.1, 0.15) is 6.04 Å². The van der Waals surface area contributed by atoms with Gasteiger partial charge in [-0.1, -0.05) is 36.4 Å². The molecule has 0 fully saturated rings. The summed E-state index contributed by atoms with van der Waals surface area (Å²) in [5.74, 6) is -0.894. The maximum Gasteiger partial charge on any atom is 0.328 e. The number of carbonyl (C=O) groups is 1. The maximum atomic E-state index is 10.9. The molecule has 0 aliphatic heterocycles. The fourth-order valence-corrected chi connectivity index (χ4v) is 1.25. The molecule has 0 amide bonds. The lowest BCUT2D eigenvalue weighted by atomic mass is 10.1. The van der Waals surface area contributed by atoms with E-state index in [0.29, 0.717) is 12.8 Å². The standard InChI is InChI=1S/C13H15NO2/c1-2-3-9-12(13(15)16)14-10-11-7-5-4-6-8-11/h2,4-8,10,12H,1,3,9H2,(H,15,16). The number of rotatable bonds is 6. The highest BCUT2D eigenvalue weighted by Crippen LogP contribution is 2.04. The number of aliphatic carboxylic acids is 1. The maximum absolute atomic E-state index is 10.9. The van der Waals surface area contributed by atoms with Crippen LogP contribution in [0.15, 0.2) is 48.0 Å². The Kier molecular flexibility index (Phi) is 4.99. The predicted octanol–water partition coefficient (Wildman–Crippen LogP) is 2.52. The van der Waals surface area contributed by atoms with Crippen molar-refractivity contribution in [3.8, 4) is 0 Å². The number of allylic oxidation sites excluding steroid dienone is 1. The first kappa shape index (κ1) is 12.2.